The highest BCUT2D eigenvalue weighted by Crippen LogP contribution is 2.24. The van der Waals surface area contributed by atoms with Crippen LogP contribution in [-0.4, -0.2) is 39.5 Å². The molecule has 3 heterocycles. The molecule has 1 aliphatic heterocycles. The molecular weight excluding hydrogens is 314 g/mol. The van der Waals surface area contributed by atoms with Crippen molar-refractivity contribution in [3.8, 4) is 11.1 Å². The number of aromatic amines is 1. The minimum Gasteiger partial charge on any atom is -0.355 e. The van der Waals surface area contributed by atoms with Gasteiger partial charge in [0.1, 0.15) is 0 Å². The highest BCUT2D eigenvalue weighted by molar-refractivity contribution is 5.69. The molecule has 0 aliphatic carbocycles. The number of hydrogen-bond acceptors (Lipinski definition) is 6. The Balaban J connectivity index is 1.45. The van der Waals surface area contributed by atoms with E-state index in [-0.39, 0.29) is 0 Å². The van der Waals surface area contributed by atoms with Gasteiger partial charge in [-0.3, -0.25) is 5.10 Å². The molecule has 1 saturated heterocycles. The zero-order chi connectivity index (χ0) is 17.1. The van der Waals surface area contributed by atoms with Crippen molar-refractivity contribution < 1.29 is 0 Å². The molecule has 7 nitrogen and oxygen atoms in total. The lowest BCUT2D eigenvalue weighted by molar-refractivity contribution is 0.497. The molecule has 7 heteroatoms. The monoisotopic (exact) mass is 335 g/mol. The number of rotatable bonds is 4. The first-order chi connectivity index (χ1) is 12.3. The van der Waals surface area contributed by atoms with Gasteiger partial charge in [0.05, 0.1) is 6.20 Å². The number of nitrogens with zero attached hydrogens (tertiary/aromatic N) is 4. The van der Waals surface area contributed by atoms with Crippen LogP contribution in [-0.2, 0) is 0 Å². The molecule has 0 atom stereocenters. The molecule has 1 aliphatic rings. The van der Waals surface area contributed by atoms with E-state index in [1.165, 1.54) is 0 Å². The van der Waals surface area contributed by atoms with Gasteiger partial charge in [-0.25, -0.2) is 0 Å². The number of hydrogen-bond donors (Lipinski definition) is 3. The predicted octanol–water partition coefficient (Wildman–Crippen LogP) is 2.54. The first-order valence-corrected chi connectivity index (χ1v) is 8.48. The molecular formula is C18H21N7. The van der Waals surface area contributed by atoms with Gasteiger partial charge >= 0.3 is 0 Å². The molecule has 0 saturated carbocycles. The number of benzene rings is 1. The molecule has 25 heavy (non-hydrogen) atoms. The van der Waals surface area contributed by atoms with Crippen LogP contribution < -0.4 is 16.0 Å². The van der Waals surface area contributed by atoms with Crippen molar-refractivity contribution in [1.29, 1.82) is 0 Å². The van der Waals surface area contributed by atoms with Crippen LogP contribution in [0.15, 0.2) is 48.8 Å². The summed E-state index contributed by atoms with van der Waals surface area (Å²) >= 11 is 0. The molecule has 1 aromatic carbocycles. The molecule has 0 bridgehead atoms. The van der Waals surface area contributed by atoms with E-state index < -0.39 is 0 Å². The van der Waals surface area contributed by atoms with E-state index in [9.17, 15) is 0 Å². The van der Waals surface area contributed by atoms with Gasteiger partial charge in [-0.15, -0.1) is 10.2 Å². The van der Waals surface area contributed by atoms with Gasteiger partial charge in [0.25, 0.3) is 0 Å². The van der Waals surface area contributed by atoms with Crippen molar-refractivity contribution in [2.75, 3.05) is 23.3 Å². The Morgan fingerprint density at radius 2 is 1.96 bits per heavy atom. The highest BCUT2D eigenvalue weighted by atomic mass is 15.3. The summed E-state index contributed by atoms with van der Waals surface area (Å²) in [7, 11) is 0. The number of H-pyrrole nitrogens is 1. The Hall–Kier alpha value is -2.93. The Kier molecular flexibility index (Phi) is 4.30. The van der Waals surface area contributed by atoms with E-state index in [0.29, 0.717) is 6.04 Å². The third-order valence-electron chi connectivity index (χ3n) is 4.48. The smallest absolute Gasteiger partial charge is 0.153 e. The molecule has 0 spiro atoms. The zero-order valence-corrected chi connectivity index (χ0v) is 13.9. The maximum absolute atomic E-state index is 5.95. The van der Waals surface area contributed by atoms with Crippen LogP contribution in [0.25, 0.3) is 11.1 Å². The van der Waals surface area contributed by atoms with Crippen molar-refractivity contribution in [2.45, 2.75) is 18.9 Å². The van der Waals surface area contributed by atoms with Crippen LogP contribution >= 0.6 is 0 Å². The highest BCUT2D eigenvalue weighted by Gasteiger charge is 2.17. The van der Waals surface area contributed by atoms with Crippen molar-refractivity contribution in [3.05, 3.63) is 48.8 Å². The molecule has 4 N–H and O–H groups in total. The first kappa shape index (κ1) is 15.6. The molecule has 0 radical (unpaired) electrons. The molecule has 1 fully saturated rings. The molecule has 128 valence electrons. The largest absolute Gasteiger partial charge is 0.355 e. The summed E-state index contributed by atoms with van der Waals surface area (Å²) in [6.07, 6.45) is 5.68. The van der Waals surface area contributed by atoms with Gasteiger partial charge in [-0.1, -0.05) is 12.1 Å². The van der Waals surface area contributed by atoms with E-state index >= 15 is 0 Å². The predicted molar refractivity (Wildman–Crippen MR) is 98.8 cm³/mol. The quantitative estimate of drug-likeness (QED) is 0.678. The summed E-state index contributed by atoms with van der Waals surface area (Å²) in [5.74, 6) is 1.63. The maximum Gasteiger partial charge on any atom is 0.153 e. The third kappa shape index (κ3) is 3.61. The van der Waals surface area contributed by atoms with Crippen molar-refractivity contribution in [3.63, 3.8) is 0 Å². The Labute approximate surface area is 146 Å². The Bertz CT molecular complexity index is 806. The van der Waals surface area contributed by atoms with E-state index in [1.54, 1.807) is 6.20 Å². The van der Waals surface area contributed by atoms with Crippen molar-refractivity contribution in [2.24, 2.45) is 5.73 Å². The molecule has 2 aromatic heterocycles. The Morgan fingerprint density at radius 1 is 1.08 bits per heavy atom. The lowest BCUT2D eigenvalue weighted by Gasteiger charge is -2.30. The average Bonchev–Trinajstić information content (AvgIpc) is 3.18. The molecule has 0 unspecified atom stereocenters. The van der Waals surface area contributed by atoms with E-state index in [1.807, 2.05) is 36.5 Å². The summed E-state index contributed by atoms with van der Waals surface area (Å²) in [6, 6.07) is 12.4. The third-order valence-corrected chi connectivity index (χ3v) is 4.48. The lowest BCUT2D eigenvalue weighted by Crippen LogP contribution is -2.40. The summed E-state index contributed by atoms with van der Waals surface area (Å²) in [5, 5.41) is 18.8. The lowest BCUT2D eigenvalue weighted by atomic mass is 10.1. The van der Waals surface area contributed by atoms with E-state index in [2.05, 4.69) is 36.7 Å². The number of nitrogens with one attached hydrogen (secondary N) is 2. The van der Waals surface area contributed by atoms with Crippen molar-refractivity contribution >= 4 is 17.3 Å². The number of nitrogens with two attached hydrogens (primary N) is 1. The summed E-state index contributed by atoms with van der Waals surface area (Å²) < 4.78 is 0. The fourth-order valence-corrected chi connectivity index (χ4v) is 3.02. The second kappa shape index (κ2) is 6.90. The van der Waals surface area contributed by atoms with Gasteiger partial charge in [-0.2, -0.15) is 5.10 Å². The van der Waals surface area contributed by atoms with E-state index in [0.717, 1.165) is 54.4 Å². The minimum absolute atomic E-state index is 0.313. The zero-order valence-electron chi connectivity index (χ0n) is 13.9. The van der Waals surface area contributed by atoms with Gasteiger partial charge in [0.2, 0.25) is 0 Å². The SMILES string of the molecule is NC1CCN(c2ccc(Nc3cccc(-c4cn[nH]c4)c3)nn2)CC1. The second-order valence-electron chi connectivity index (χ2n) is 6.29. The van der Waals surface area contributed by atoms with Crippen LogP contribution in [0.2, 0.25) is 0 Å². The molecule has 0 amide bonds. The molecule has 3 aromatic rings. The average molecular weight is 335 g/mol. The van der Waals surface area contributed by atoms with Gasteiger partial charge in [-0.05, 0) is 42.7 Å². The molecule has 4 rings (SSSR count). The second-order valence-corrected chi connectivity index (χ2v) is 6.29. The van der Waals surface area contributed by atoms with Crippen LogP contribution in [0, 0.1) is 0 Å². The number of aromatic nitrogens is 4. The normalized spacial score (nSPS) is 15.3. The summed E-state index contributed by atoms with van der Waals surface area (Å²) in [5.41, 5.74) is 9.06. The van der Waals surface area contributed by atoms with Crippen LogP contribution in [0.5, 0.6) is 0 Å². The van der Waals surface area contributed by atoms with E-state index in [4.69, 9.17) is 5.73 Å². The van der Waals surface area contributed by atoms with Crippen LogP contribution in [0.3, 0.4) is 0 Å². The van der Waals surface area contributed by atoms with Gasteiger partial charge < -0.3 is 16.0 Å². The van der Waals surface area contributed by atoms with Crippen molar-refractivity contribution in [1.82, 2.24) is 20.4 Å². The fourth-order valence-electron chi connectivity index (χ4n) is 3.02. The first-order valence-electron chi connectivity index (χ1n) is 8.48. The van der Waals surface area contributed by atoms with Crippen LogP contribution in [0.1, 0.15) is 12.8 Å². The standard InChI is InChI=1S/C18H21N7/c19-15-6-8-25(9-7-15)18-5-4-17(23-24-18)22-16-3-1-2-13(10-16)14-11-20-21-12-14/h1-5,10-12,15H,6-9,19H2,(H,20,21)(H,22,23). The summed E-state index contributed by atoms with van der Waals surface area (Å²) in [4.78, 5) is 2.24. The maximum atomic E-state index is 5.95. The Morgan fingerprint density at radius 3 is 2.68 bits per heavy atom. The minimum atomic E-state index is 0.313. The van der Waals surface area contributed by atoms with Gasteiger partial charge in [0.15, 0.2) is 11.6 Å². The topological polar surface area (TPSA) is 95.8 Å². The van der Waals surface area contributed by atoms with Gasteiger partial charge in [0, 0.05) is 36.6 Å². The summed E-state index contributed by atoms with van der Waals surface area (Å²) in [6.45, 7) is 1.88. The van der Waals surface area contributed by atoms with Crippen LogP contribution in [0.4, 0.5) is 17.3 Å². The number of anilines is 3. The fraction of sp³-hybridized carbons (Fsp3) is 0.278. The number of piperidine rings is 1.